The van der Waals surface area contributed by atoms with Crippen LogP contribution in [0.15, 0.2) is 0 Å². The summed E-state index contributed by atoms with van der Waals surface area (Å²) < 4.78 is 30.6. The molecule has 2 fully saturated rings. The molecular weight excluding hydrogens is 280 g/mol. The van der Waals surface area contributed by atoms with Gasteiger partial charge in [-0.2, -0.15) is 4.31 Å². The lowest BCUT2D eigenvalue weighted by molar-refractivity contribution is -0.120. The third-order valence-electron chi connectivity index (χ3n) is 4.01. The maximum absolute atomic E-state index is 12.0. The van der Waals surface area contributed by atoms with Crippen molar-refractivity contribution in [2.45, 2.75) is 32.1 Å². The van der Waals surface area contributed by atoms with Crippen LogP contribution in [-0.4, -0.2) is 57.2 Å². The Labute approximate surface area is 120 Å². The molecule has 0 aromatic heterocycles. The normalized spacial score (nSPS) is 22.0. The first-order valence-electron chi connectivity index (χ1n) is 7.40. The second-order valence-electron chi connectivity index (χ2n) is 5.53. The Hall–Kier alpha value is -0.660. The van der Waals surface area contributed by atoms with Gasteiger partial charge in [0.1, 0.15) is 0 Å². The predicted molar refractivity (Wildman–Crippen MR) is 75.8 cm³/mol. The molecule has 1 saturated carbocycles. The van der Waals surface area contributed by atoms with Crippen LogP contribution in [0.5, 0.6) is 0 Å². The summed E-state index contributed by atoms with van der Waals surface area (Å²) in [7, 11) is -3.32. The van der Waals surface area contributed by atoms with Gasteiger partial charge in [0.25, 0.3) is 0 Å². The van der Waals surface area contributed by atoms with E-state index in [1.165, 1.54) is 30.0 Å². The van der Waals surface area contributed by atoms with Gasteiger partial charge in [0.2, 0.25) is 15.9 Å². The van der Waals surface area contributed by atoms with Crippen LogP contribution >= 0.6 is 0 Å². The fourth-order valence-electron chi connectivity index (χ4n) is 2.74. The van der Waals surface area contributed by atoms with Crippen LogP contribution in [0, 0.1) is 5.92 Å². The number of hydrogen-bond donors (Lipinski definition) is 1. The van der Waals surface area contributed by atoms with E-state index in [0.29, 0.717) is 38.8 Å². The molecule has 0 aromatic rings. The van der Waals surface area contributed by atoms with Crippen molar-refractivity contribution in [3.8, 4) is 0 Å². The zero-order valence-electron chi connectivity index (χ0n) is 11.8. The number of hydrogen-bond acceptors (Lipinski definition) is 4. The molecular formula is C13H24N2O4S. The van der Waals surface area contributed by atoms with Crippen molar-refractivity contribution in [3.05, 3.63) is 0 Å². The summed E-state index contributed by atoms with van der Waals surface area (Å²) in [6, 6.07) is 0. The van der Waals surface area contributed by atoms with Crippen molar-refractivity contribution in [2.75, 3.05) is 38.6 Å². The molecule has 1 aliphatic heterocycles. The summed E-state index contributed by atoms with van der Waals surface area (Å²) in [6.45, 7) is 2.36. The molecule has 1 aliphatic carbocycles. The van der Waals surface area contributed by atoms with Crippen LogP contribution in [0.3, 0.4) is 0 Å². The topological polar surface area (TPSA) is 75.7 Å². The van der Waals surface area contributed by atoms with Crippen LogP contribution in [0.4, 0.5) is 0 Å². The largest absolute Gasteiger partial charge is 0.379 e. The number of amides is 1. The van der Waals surface area contributed by atoms with Crippen LogP contribution in [0.25, 0.3) is 0 Å². The van der Waals surface area contributed by atoms with Crippen LogP contribution in [0.1, 0.15) is 32.1 Å². The SMILES string of the molecule is O=C(CCS(=O)(=O)N1CCOCC1)NCC1CCCC1. The molecule has 0 bridgehead atoms. The Morgan fingerprint density at radius 2 is 1.85 bits per heavy atom. The van der Waals surface area contributed by atoms with Crippen molar-refractivity contribution >= 4 is 15.9 Å². The first-order chi connectivity index (χ1) is 9.58. The number of carbonyl (C=O) groups is 1. The predicted octanol–water partition coefficient (Wildman–Crippen LogP) is 0.345. The fourth-order valence-corrected chi connectivity index (χ4v) is 4.14. The van der Waals surface area contributed by atoms with Gasteiger partial charge in [0.15, 0.2) is 0 Å². The van der Waals surface area contributed by atoms with Crippen molar-refractivity contribution < 1.29 is 17.9 Å². The van der Waals surface area contributed by atoms with E-state index in [-0.39, 0.29) is 18.1 Å². The molecule has 1 N–H and O–H groups in total. The summed E-state index contributed by atoms with van der Waals surface area (Å²) in [5, 5.41) is 2.85. The maximum atomic E-state index is 12.0. The van der Waals surface area contributed by atoms with Gasteiger partial charge in [-0.3, -0.25) is 4.79 Å². The molecule has 1 amide bonds. The molecule has 0 unspecified atom stereocenters. The summed E-state index contributed by atoms with van der Waals surface area (Å²) >= 11 is 0. The minimum atomic E-state index is -3.32. The van der Waals surface area contributed by atoms with Gasteiger partial charge in [-0.15, -0.1) is 0 Å². The number of morpholine rings is 1. The molecule has 0 spiro atoms. The van der Waals surface area contributed by atoms with E-state index in [1.807, 2.05) is 0 Å². The minimum Gasteiger partial charge on any atom is -0.379 e. The second-order valence-corrected chi connectivity index (χ2v) is 7.62. The third kappa shape index (κ3) is 4.71. The van der Waals surface area contributed by atoms with Gasteiger partial charge >= 0.3 is 0 Å². The number of nitrogens with zero attached hydrogens (tertiary/aromatic N) is 1. The highest BCUT2D eigenvalue weighted by atomic mass is 32.2. The average molecular weight is 304 g/mol. The first kappa shape index (κ1) is 15.7. The van der Waals surface area contributed by atoms with E-state index in [0.717, 1.165) is 0 Å². The van der Waals surface area contributed by atoms with E-state index >= 15 is 0 Å². The zero-order chi connectivity index (χ0) is 14.4. The molecule has 1 heterocycles. The Morgan fingerprint density at radius 3 is 2.50 bits per heavy atom. The highest BCUT2D eigenvalue weighted by Gasteiger charge is 2.25. The lowest BCUT2D eigenvalue weighted by Crippen LogP contribution is -2.42. The first-order valence-corrected chi connectivity index (χ1v) is 9.01. The monoisotopic (exact) mass is 304 g/mol. The highest BCUT2D eigenvalue weighted by Crippen LogP contribution is 2.23. The molecule has 2 aliphatic rings. The smallest absolute Gasteiger partial charge is 0.221 e. The Kier molecular flexibility index (Phi) is 5.80. The van der Waals surface area contributed by atoms with E-state index in [4.69, 9.17) is 4.74 Å². The van der Waals surface area contributed by atoms with E-state index in [1.54, 1.807) is 0 Å². The quantitative estimate of drug-likeness (QED) is 0.768. The van der Waals surface area contributed by atoms with E-state index in [9.17, 15) is 13.2 Å². The van der Waals surface area contributed by atoms with Gasteiger partial charge < -0.3 is 10.1 Å². The molecule has 0 atom stereocenters. The van der Waals surface area contributed by atoms with Gasteiger partial charge in [-0.25, -0.2) is 8.42 Å². The van der Waals surface area contributed by atoms with Crippen LogP contribution in [-0.2, 0) is 19.6 Å². The molecule has 1 saturated heterocycles. The molecule has 6 nitrogen and oxygen atoms in total. The Balaban J connectivity index is 1.68. The average Bonchev–Trinajstić information content (AvgIpc) is 2.97. The summed E-state index contributed by atoms with van der Waals surface area (Å²) in [6.07, 6.45) is 4.88. The molecule has 7 heteroatoms. The van der Waals surface area contributed by atoms with Crippen molar-refractivity contribution in [1.29, 1.82) is 0 Å². The lowest BCUT2D eigenvalue weighted by atomic mass is 10.1. The van der Waals surface area contributed by atoms with Crippen molar-refractivity contribution in [3.63, 3.8) is 0 Å². The lowest BCUT2D eigenvalue weighted by Gasteiger charge is -2.25. The van der Waals surface area contributed by atoms with Gasteiger partial charge in [0, 0.05) is 26.1 Å². The Morgan fingerprint density at radius 1 is 1.20 bits per heavy atom. The van der Waals surface area contributed by atoms with Gasteiger partial charge in [0.05, 0.1) is 19.0 Å². The van der Waals surface area contributed by atoms with Gasteiger partial charge in [-0.1, -0.05) is 12.8 Å². The zero-order valence-corrected chi connectivity index (χ0v) is 12.7. The maximum Gasteiger partial charge on any atom is 0.221 e. The number of carbonyl (C=O) groups excluding carboxylic acids is 1. The summed E-state index contributed by atoms with van der Waals surface area (Å²) in [4.78, 5) is 11.7. The van der Waals surface area contributed by atoms with Crippen molar-refractivity contribution in [1.82, 2.24) is 9.62 Å². The minimum absolute atomic E-state index is 0.0480. The van der Waals surface area contributed by atoms with Gasteiger partial charge in [-0.05, 0) is 18.8 Å². The van der Waals surface area contributed by atoms with Crippen LogP contribution < -0.4 is 5.32 Å². The van der Waals surface area contributed by atoms with E-state index < -0.39 is 10.0 Å². The number of sulfonamides is 1. The molecule has 116 valence electrons. The van der Waals surface area contributed by atoms with Crippen molar-refractivity contribution in [2.24, 2.45) is 5.92 Å². The second kappa shape index (κ2) is 7.38. The molecule has 20 heavy (non-hydrogen) atoms. The number of nitrogens with one attached hydrogen (secondary N) is 1. The Bertz CT molecular complexity index is 412. The summed E-state index contributed by atoms with van der Waals surface area (Å²) in [5.74, 6) is 0.312. The summed E-state index contributed by atoms with van der Waals surface area (Å²) in [5.41, 5.74) is 0. The molecule has 0 radical (unpaired) electrons. The number of rotatable bonds is 6. The standard InChI is InChI=1S/C13H24N2O4S/c16-13(14-11-12-3-1-2-4-12)5-10-20(17,18)15-6-8-19-9-7-15/h12H,1-11H2,(H,14,16). The fraction of sp³-hybridized carbons (Fsp3) is 0.923. The highest BCUT2D eigenvalue weighted by molar-refractivity contribution is 7.89. The van der Waals surface area contributed by atoms with Crippen LogP contribution in [0.2, 0.25) is 0 Å². The third-order valence-corrected chi connectivity index (χ3v) is 5.89. The molecule has 0 aromatic carbocycles. The van der Waals surface area contributed by atoms with E-state index in [2.05, 4.69) is 5.32 Å². The molecule has 2 rings (SSSR count). The number of ether oxygens (including phenoxy) is 1.